The van der Waals surface area contributed by atoms with Crippen LogP contribution in [-0.4, -0.2) is 34.0 Å². The van der Waals surface area contributed by atoms with Crippen molar-refractivity contribution < 1.29 is 20.1 Å². The Balaban J connectivity index is 3.51. The number of carbonyl (C=O) groups is 1. The van der Waals surface area contributed by atoms with E-state index < -0.39 is 12.1 Å². The summed E-state index contributed by atoms with van der Waals surface area (Å²) in [7, 11) is 0. The second-order valence-corrected chi connectivity index (χ2v) is 2.78. The van der Waals surface area contributed by atoms with E-state index in [1.165, 1.54) is 0 Å². The molecule has 0 fully saturated rings. The van der Waals surface area contributed by atoms with E-state index >= 15 is 0 Å². The van der Waals surface area contributed by atoms with Gasteiger partial charge in [0.2, 0.25) is 0 Å². The van der Waals surface area contributed by atoms with E-state index in [0.29, 0.717) is 6.42 Å². The van der Waals surface area contributed by atoms with Crippen LogP contribution in [0.3, 0.4) is 0 Å². The lowest BCUT2D eigenvalue weighted by atomic mass is 10.0. The van der Waals surface area contributed by atoms with Crippen LogP contribution < -0.4 is 0 Å². The Hall–Kier alpha value is -0.610. The highest BCUT2D eigenvalue weighted by Gasteiger charge is 2.11. The number of aliphatic hydroxyl groups excluding tert-OH is 2. The molecule has 0 aliphatic heterocycles. The van der Waals surface area contributed by atoms with Crippen LogP contribution in [-0.2, 0) is 4.79 Å². The molecule has 2 unspecified atom stereocenters. The summed E-state index contributed by atoms with van der Waals surface area (Å²) in [5, 5.41) is 25.6. The van der Waals surface area contributed by atoms with E-state index in [4.69, 9.17) is 15.3 Å². The lowest BCUT2D eigenvalue weighted by Crippen LogP contribution is -2.17. The summed E-state index contributed by atoms with van der Waals surface area (Å²) in [4.78, 5) is 10.1. The summed E-state index contributed by atoms with van der Waals surface area (Å²) in [6.07, 6.45) is -0.413. The maximum Gasteiger partial charge on any atom is 0.303 e. The molecule has 0 saturated carbocycles. The first-order valence-corrected chi connectivity index (χ1v) is 3.57. The van der Waals surface area contributed by atoms with Crippen molar-refractivity contribution in [1.82, 2.24) is 0 Å². The maximum atomic E-state index is 10.1. The molecule has 3 N–H and O–H groups in total. The van der Waals surface area contributed by atoms with Gasteiger partial charge in [-0.15, -0.1) is 0 Å². The predicted octanol–water partition coefficient (Wildman–Crippen LogP) is -0.160. The lowest BCUT2D eigenvalue weighted by Gasteiger charge is -2.11. The van der Waals surface area contributed by atoms with E-state index in [1.807, 2.05) is 0 Å². The summed E-state index contributed by atoms with van der Waals surface area (Å²) < 4.78 is 0. The van der Waals surface area contributed by atoms with Gasteiger partial charge in [0, 0.05) is 6.42 Å². The Kier molecular flexibility index (Phi) is 4.81. The van der Waals surface area contributed by atoms with Crippen molar-refractivity contribution in [3.63, 3.8) is 0 Å². The molecule has 66 valence electrons. The van der Waals surface area contributed by atoms with Crippen molar-refractivity contribution in [2.45, 2.75) is 25.9 Å². The van der Waals surface area contributed by atoms with Gasteiger partial charge >= 0.3 is 5.97 Å². The normalized spacial score (nSPS) is 15.9. The maximum absolute atomic E-state index is 10.1. The monoisotopic (exact) mass is 162 g/mol. The number of aliphatic hydroxyl groups is 2. The Bertz CT molecular complexity index is 124. The van der Waals surface area contributed by atoms with Crippen LogP contribution in [0.4, 0.5) is 0 Å². The van der Waals surface area contributed by atoms with Gasteiger partial charge in [-0.05, 0) is 12.3 Å². The summed E-state index contributed by atoms with van der Waals surface area (Å²) >= 11 is 0. The number of carboxylic acids is 1. The molecule has 0 bridgehead atoms. The van der Waals surface area contributed by atoms with Crippen molar-refractivity contribution in [2.75, 3.05) is 6.61 Å². The molecule has 0 radical (unpaired) electrons. The minimum absolute atomic E-state index is 0.0388. The number of carboxylic acid groups (broad SMARTS) is 1. The highest BCUT2D eigenvalue weighted by Crippen LogP contribution is 2.09. The van der Waals surface area contributed by atoms with Crippen LogP contribution in [0.5, 0.6) is 0 Å². The zero-order valence-electron chi connectivity index (χ0n) is 6.53. The van der Waals surface area contributed by atoms with Crippen molar-refractivity contribution in [2.24, 2.45) is 5.92 Å². The Labute approximate surface area is 65.5 Å². The minimum atomic E-state index is -0.873. The third-order valence-electron chi connectivity index (χ3n) is 1.41. The molecule has 0 amide bonds. The van der Waals surface area contributed by atoms with Gasteiger partial charge in [-0.3, -0.25) is 4.79 Å². The number of hydrogen-bond donors (Lipinski definition) is 3. The molecule has 2 atom stereocenters. The fourth-order valence-electron chi connectivity index (χ4n) is 0.920. The van der Waals surface area contributed by atoms with E-state index in [9.17, 15) is 4.79 Å². The first kappa shape index (κ1) is 10.4. The van der Waals surface area contributed by atoms with Crippen LogP contribution in [0.1, 0.15) is 19.8 Å². The number of aliphatic carboxylic acids is 1. The molecule has 4 heteroatoms. The van der Waals surface area contributed by atoms with Gasteiger partial charge in [0.1, 0.15) is 0 Å². The fraction of sp³-hybridized carbons (Fsp3) is 0.857. The minimum Gasteiger partial charge on any atom is -0.481 e. The summed E-state index contributed by atoms with van der Waals surface area (Å²) in [5.41, 5.74) is 0. The molecule has 4 nitrogen and oxygen atoms in total. The Morgan fingerprint density at radius 3 is 2.45 bits per heavy atom. The topological polar surface area (TPSA) is 77.8 Å². The van der Waals surface area contributed by atoms with E-state index in [-0.39, 0.29) is 18.9 Å². The lowest BCUT2D eigenvalue weighted by molar-refractivity contribution is -0.138. The molecular formula is C7H14O4. The third kappa shape index (κ3) is 5.82. The highest BCUT2D eigenvalue weighted by molar-refractivity contribution is 5.66. The van der Waals surface area contributed by atoms with Crippen molar-refractivity contribution in [1.29, 1.82) is 0 Å². The zero-order chi connectivity index (χ0) is 8.85. The van der Waals surface area contributed by atoms with Crippen LogP contribution in [0.25, 0.3) is 0 Å². The first-order chi connectivity index (χ1) is 5.06. The summed E-state index contributed by atoms with van der Waals surface area (Å²) in [6, 6.07) is 0. The van der Waals surface area contributed by atoms with Crippen molar-refractivity contribution >= 4 is 5.97 Å². The van der Waals surface area contributed by atoms with Crippen LogP contribution in [0.2, 0.25) is 0 Å². The van der Waals surface area contributed by atoms with Gasteiger partial charge in [-0.25, -0.2) is 0 Å². The average Bonchev–Trinajstić information content (AvgIpc) is 1.85. The summed E-state index contributed by atoms with van der Waals surface area (Å²) in [6.45, 7) is 1.43. The fourth-order valence-corrected chi connectivity index (χ4v) is 0.920. The van der Waals surface area contributed by atoms with Crippen LogP contribution in [0, 0.1) is 5.92 Å². The predicted molar refractivity (Wildman–Crippen MR) is 39.1 cm³/mol. The molecule has 0 aromatic carbocycles. The van der Waals surface area contributed by atoms with Gasteiger partial charge in [0.05, 0.1) is 12.7 Å². The molecule has 0 aromatic rings. The van der Waals surface area contributed by atoms with E-state index in [2.05, 4.69) is 0 Å². The molecule has 0 rings (SSSR count). The molecule has 0 spiro atoms. The van der Waals surface area contributed by atoms with Crippen molar-refractivity contribution in [3.05, 3.63) is 0 Å². The molecule has 11 heavy (non-hydrogen) atoms. The SMILES string of the molecule is CC(CC(=O)O)CC(O)CO. The van der Waals surface area contributed by atoms with Crippen molar-refractivity contribution in [3.8, 4) is 0 Å². The number of hydrogen-bond acceptors (Lipinski definition) is 3. The Morgan fingerprint density at radius 2 is 2.09 bits per heavy atom. The van der Waals surface area contributed by atoms with Crippen LogP contribution in [0.15, 0.2) is 0 Å². The van der Waals surface area contributed by atoms with E-state index in [1.54, 1.807) is 6.92 Å². The van der Waals surface area contributed by atoms with Gasteiger partial charge in [0.15, 0.2) is 0 Å². The molecule has 0 aliphatic carbocycles. The molecular weight excluding hydrogens is 148 g/mol. The van der Waals surface area contributed by atoms with Gasteiger partial charge < -0.3 is 15.3 Å². The smallest absolute Gasteiger partial charge is 0.303 e. The zero-order valence-corrected chi connectivity index (χ0v) is 6.53. The number of rotatable bonds is 5. The highest BCUT2D eigenvalue weighted by atomic mass is 16.4. The first-order valence-electron chi connectivity index (χ1n) is 3.57. The third-order valence-corrected chi connectivity index (χ3v) is 1.41. The van der Waals surface area contributed by atoms with Gasteiger partial charge in [-0.1, -0.05) is 6.92 Å². The second kappa shape index (κ2) is 5.09. The van der Waals surface area contributed by atoms with E-state index in [0.717, 1.165) is 0 Å². The largest absolute Gasteiger partial charge is 0.481 e. The van der Waals surface area contributed by atoms with Crippen LogP contribution >= 0.6 is 0 Å². The average molecular weight is 162 g/mol. The molecule has 0 heterocycles. The quantitative estimate of drug-likeness (QED) is 0.525. The second-order valence-electron chi connectivity index (χ2n) is 2.78. The van der Waals surface area contributed by atoms with Gasteiger partial charge in [-0.2, -0.15) is 0 Å². The summed E-state index contributed by atoms with van der Waals surface area (Å²) in [5.74, 6) is -0.961. The Morgan fingerprint density at radius 1 is 1.55 bits per heavy atom. The van der Waals surface area contributed by atoms with Gasteiger partial charge in [0.25, 0.3) is 0 Å². The molecule has 0 saturated heterocycles. The molecule has 0 aliphatic rings. The molecule has 0 aromatic heterocycles. The standard InChI is InChI=1S/C7H14O4/c1-5(3-7(10)11)2-6(9)4-8/h5-6,8-9H,2-4H2,1H3,(H,10,11).